The van der Waals surface area contributed by atoms with Gasteiger partial charge >= 0.3 is 6.03 Å². The van der Waals surface area contributed by atoms with Crippen molar-refractivity contribution in [2.45, 2.75) is 25.2 Å². The maximum atomic E-state index is 12.6. The number of amides is 3. The van der Waals surface area contributed by atoms with Crippen LogP contribution in [0.15, 0.2) is 54.6 Å². The van der Waals surface area contributed by atoms with Crippen LogP contribution >= 0.6 is 0 Å². The Morgan fingerprint density at radius 2 is 1.88 bits per heavy atom. The largest absolute Gasteiger partial charge is 0.324 e. The number of likely N-dealkylation sites (tertiary alicyclic amines) is 1. The van der Waals surface area contributed by atoms with Gasteiger partial charge in [-0.1, -0.05) is 36.4 Å². The molecule has 0 saturated carbocycles. The van der Waals surface area contributed by atoms with Crippen LogP contribution in [0.5, 0.6) is 0 Å². The highest BCUT2D eigenvalue weighted by molar-refractivity contribution is 5.96. The van der Waals surface area contributed by atoms with Gasteiger partial charge in [-0.15, -0.1) is 0 Å². The van der Waals surface area contributed by atoms with Crippen LogP contribution in [-0.2, 0) is 4.79 Å². The quantitative estimate of drug-likeness (QED) is 0.915. The predicted octanol–water partition coefficient (Wildman–Crippen LogP) is 3.83. The molecule has 4 rings (SSSR count). The molecule has 26 heavy (non-hydrogen) atoms. The fraction of sp³-hybridized carbons (Fsp3) is 0.333. The van der Waals surface area contributed by atoms with Gasteiger partial charge in [-0.05, 0) is 36.6 Å². The molecule has 5 heteroatoms. The molecular formula is C21H23N3O2. The predicted molar refractivity (Wildman–Crippen MR) is 102 cm³/mol. The van der Waals surface area contributed by atoms with E-state index in [0.29, 0.717) is 12.3 Å². The number of nitrogens with one attached hydrogen (secondary N) is 1. The second-order valence-corrected chi connectivity index (χ2v) is 6.97. The van der Waals surface area contributed by atoms with Crippen LogP contribution in [-0.4, -0.2) is 36.5 Å². The Hall–Kier alpha value is -2.82. The minimum Gasteiger partial charge on any atom is -0.324 e. The van der Waals surface area contributed by atoms with E-state index < -0.39 is 0 Å². The van der Waals surface area contributed by atoms with Gasteiger partial charge < -0.3 is 15.1 Å². The van der Waals surface area contributed by atoms with Gasteiger partial charge in [-0.25, -0.2) is 4.79 Å². The molecule has 2 heterocycles. The lowest BCUT2D eigenvalue weighted by atomic mass is 9.99. The molecule has 0 bridgehead atoms. The maximum Gasteiger partial charge on any atom is 0.321 e. The van der Waals surface area contributed by atoms with Crippen molar-refractivity contribution in [1.29, 1.82) is 0 Å². The first-order valence-electron chi connectivity index (χ1n) is 9.22. The highest BCUT2D eigenvalue weighted by Gasteiger charge is 2.27. The van der Waals surface area contributed by atoms with E-state index in [2.05, 4.69) is 17.4 Å². The average Bonchev–Trinajstić information content (AvgIpc) is 3.32. The van der Waals surface area contributed by atoms with E-state index in [4.69, 9.17) is 0 Å². The molecule has 1 atom stereocenters. The van der Waals surface area contributed by atoms with Crippen LogP contribution in [0.25, 0.3) is 0 Å². The number of urea groups is 1. The standard InChI is InChI=1S/C21H23N3O2/c25-20-10-5-12-24(20)19-9-4-8-18(14-19)22-21(26)23-13-11-17(15-23)16-6-2-1-3-7-16/h1-4,6-9,14,17H,5,10-13,15H2,(H,22,26)/t17-/m1/s1. The Kier molecular flexibility index (Phi) is 4.61. The summed E-state index contributed by atoms with van der Waals surface area (Å²) in [5.41, 5.74) is 2.88. The van der Waals surface area contributed by atoms with Gasteiger partial charge in [0.25, 0.3) is 0 Å². The number of carbonyl (C=O) groups excluding carboxylic acids is 2. The molecule has 2 aliphatic rings. The summed E-state index contributed by atoms with van der Waals surface area (Å²) in [5, 5.41) is 2.98. The van der Waals surface area contributed by atoms with Crippen molar-refractivity contribution in [2.75, 3.05) is 29.9 Å². The molecule has 0 unspecified atom stereocenters. The topological polar surface area (TPSA) is 52.7 Å². The van der Waals surface area contributed by atoms with Crippen LogP contribution in [0, 0.1) is 0 Å². The summed E-state index contributed by atoms with van der Waals surface area (Å²) in [7, 11) is 0. The molecule has 0 spiro atoms. The van der Waals surface area contributed by atoms with Crippen molar-refractivity contribution < 1.29 is 9.59 Å². The molecular weight excluding hydrogens is 326 g/mol. The van der Waals surface area contributed by atoms with Gasteiger partial charge in [0, 0.05) is 43.3 Å². The lowest BCUT2D eigenvalue weighted by Crippen LogP contribution is -2.33. The first-order valence-corrected chi connectivity index (χ1v) is 9.22. The first-order chi connectivity index (χ1) is 12.7. The monoisotopic (exact) mass is 349 g/mol. The maximum absolute atomic E-state index is 12.6. The number of hydrogen-bond donors (Lipinski definition) is 1. The van der Waals surface area contributed by atoms with Crippen molar-refractivity contribution in [3.8, 4) is 0 Å². The Morgan fingerprint density at radius 1 is 1.04 bits per heavy atom. The highest BCUT2D eigenvalue weighted by atomic mass is 16.2. The van der Waals surface area contributed by atoms with Gasteiger partial charge in [0.15, 0.2) is 0 Å². The van der Waals surface area contributed by atoms with E-state index >= 15 is 0 Å². The normalized spacial score (nSPS) is 19.8. The minimum absolute atomic E-state index is 0.0756. The van der Waals surface area contributed by atoms with Crippen molar-refractivity contribution in [1.82, 2.24) is 4.90 Å². The fourth-order valence-corrected chi connectivity index (χ4v) is 3.82. The van der Waals surface area contributed by atoms with Crippen LogP contribution in [0.4, 0.5) is 16.2 Å². The van der Waals surface area contributed by atoms with Gasteiger partial charge in [0.2, 0.25) is 5.91 Å². The number of hydrogen-bond acceptors (Lipinski definition) is 2. The number of benzene rings is 2. The zero-order valence-corrected chi connectivity index (χ0v) is 14.7. The van der Waals surface area contributed by atoms with Crippen LogP contribution in [0.1, 0.15) is 30.7 Å². The highest BCUT2D eigenvalue weighted by Crippen LogP contribution is 2.28. The summed E-state index contributed by atoms with van der Waals surface area (Å²) in [4.78, 5) is 28.2. The molecule has 0 radical (unpaired) electrons. The average molecular weight is 349 g/mol. The van der Waals surface area contributed by atoms with Crippen molar-refractivity contribution in [3.05, 3.63) is 60.2 Å². The third kappa shape index (κ3) is 3.43. The molecule has 2 aromatic carbocycles. The number of nitrogens with zero attached hydrogens (tertiary/aromatic N) is 2. The van der Waals surface area contributed by atoms with Crippen molar-refractivity contribution >= 4 is 23.3 Å². The SMILES string of the molecule is O=C(Nc1cccc(N2CCCC2=O)c1)N1CC[C@@H](c2ccccc2)C1. The molecule has 134 valence electrons. The van der Waals surface area contributed by atoms with Gasteiger partial charge in [-0.2, -0.15) is 0 Å². The summed E-state index contributed by atoms with van der Waals surface area (Å²) in [6.45, 7) is 2.25. The Balaban J connectivity index is 1.40. The Labute approximate surface area is 153 Å². The molecule has 2 fully saturated rings. The summed E-state index contributed by atoms with van der Waals surface area (Å²) < 4.78 is 0. The molecule has 0 aliphatic carbocycles. The zero-order valence-electron chi connectivity index (χ0n) is 14.7. The third-order valence-corrected chi connectivity index (χ3v) is 5.23. The second kappa shape index (κ2) is 7.20. The molecule has 2 aliphatic heterocycles. The summed E-state index contributed by atoms with van der Waals surface area (Å²) >= 11 is 0. The molecule has 1 N–H and O–H groups in total. The Bertz CT molecular complexity index is 806. The first kappa shape index (κ1) is 16.6. The summed E-state index contributed by atoms with van der Waals surface area (Å²) in [5.74, 6) is 0.550. The molecule has 2 saturated heterocycles. The van der Waals surface area contributed by atoms with Crippen molar-refractivity contribution in [3.63, 3.8) is 0 Å². The minimum atomic E-state index is -0.0756. The summed E-state index contributed by atoms with van der Waals surface area (Å²) in [6, 6.07) is 17.8. The number of carbonyl (C=O) groups is 2. The third-order valence-electron chi connectivity index (χ3n) is 5.23. The van der Waals surface area contributed by atoms with E-state index in [9.17, 15) is 9.59 Å². The smallest absolute Gasteiger partial charge is 0.321 e. The zero-order chi connectivity index (χ0) is 17.9. The van der Waals surface area contributed by atoms with E-state index in [1.165, 1.54) is 5.56 Å². The van der Waals surface area contributed by atoms with Crippen LogP contribution in [0.3, 0.4) is 0 Å². The lowest BCUT2D eigenvalue weighted by Gasteiger charge is -2.19. The van der Waals surface area contributed by atoms with Crippen LogP contribution < -0.4 is 10.2 Å². The van der Waals surface area contributed by atoms with Gasteiger partial charge in [0.1, 0.15) is 0 Å². The number of anilines is 2. The fourth-order valence-electron chi connectivity index (χ4n) is 3.82. The lowest BCUT2D eigenvalue weighted by molar-refractivity contribution is -0.117. The second-order valence-electron chi connectivity index (χ2n) is 6.97. The van der Waals surface area contributed by atoms with E-state index in [1.54, 1.807) is 4.90 Å². The molecule has 0 aromatic heterocycles. The van der Waals surface area contributed by atoms with Crippen LogP contribution in [0.2, 0.25) is 0 Å². The molecule has 2 aromatic rings. The molecule has 5 nitrogen and oxygen atoms in total. The Morgan fingerprint density at radius 3 is 2.65 bits per heavy atom. The van der Waals surface area contributed by atoms with E-state index in [-0.39, 0.29) is 11.9 Å². The number of rotatable bonds is 3. The molecule has 3 amide bonds. The van der Waals surface area contributed by atoms with E-state index in [1.807, 2.05) is 47.4 Å². The van der Waals surface area contributed by atoms with Gasteiger partial charge in [-0.3, -0.25) is 4.79 Å². The van der Waals surface area contributed by atoms with Gasteiger partial charge in [0.05, 0.1) is 0 Å². The summed E-state index contributed by atoms with van der Waals surface area (Å²) in [6.07, 6.45) is 2.48. The van der Waals surface area contributed by atoms with E-state index in [0.717, 1.165) is 43.9 Å². The van der Waals surface area contributed by atoms with Crippen molar-refractivity contribution in [2.24, 2.45) is 0 Å².